The molecule has 0 bridgehead atoms. The van der Waals surface area contributed by atoms with Crippen LogP contribution in [0.1, 0.15) is 45.7 Å². The summed E-state index contributed by atoms with van der Waals surface area (Å²) >= 11 is 0. The number of benzene rings is 1. The lowest BCUT2D eigenvalue weighted by molar-refractivity contribution is 0.531. The fraction of sp³-hybridized carbons (Fsp3) is 0.529. The lowest BCUT2D eigenvalue weighted by atomic mass is 9.87. The van der Waals surface area contributed by atoms with Gasteiger partial charge in [-0.3, -0.25) is 4.99 Å². The van der Waals surface area contributed by atoms with Crippen molar-refractivity contribution in [2.24, 2.45) is 26.8 Å². The van der Waals surface area contributed by atoms with E-state index in [0.29, 0.717) is 0 Å². The average Bonchev–Trinajstić information content (AvgIpc) is 2.29. The summed E-state index contributed by atoms with van der Waals surface area (Å²) < 4.78 is 0. The van der Waals surface area contributed by atoms with Crippen LogP contribution in [0.5, 0.6) is 0 Å². The zero-order chi connectivity index (χ0) is 15.2. The molecule has 20 heavy (non-hydrogen) atoms. The molecule has 0 fully saturated rings. The molecule has 0 aliphatic rings. The maximum absolute atomic E-state index is 5.24. The predicted molar refractivity (Wildman–Crippen MR) is 88.3 cm³/mol. The third-order valence-electron chi connectivity index (χ3n) is 2.86. The molecule has 110 valence electrons. The molecule has 0 radical (unpaired) electrons. The average molecular weight is 273 g/mol. The smallest absolute Gasteiger partial charge is 0.0636 e. The van der Waals surface area contributed by atoms with Crippen molar-refractivity contribution >= 4 is 12.4 Å². The van der Waals surface area contributed by atoms with Gasteiger partial charge in [0.05, 0.1) is 6.54 Å². The highest BCUT2D eigenvalue weighted by molar-refractivity contribution is 5.65. The van der Waals surface area contributed by atoms with E-state index in [1.807, 2.05) is 6.21 Å². The molecule has 3 nitrogen and oxygen atoms in total. The van der Waals surface area contributed by atoms with Gasteiger partial charge in [0, 0.05) is 17.8 Å². The molecule has 1 aromatic carbocycles. The van der Waals surface area contributed by atoms with Crippen molar-refractivity contribution in [3.63, 3.8) is 0 Å². The molecular formula is C17H27N3. The maximum Gasteiger partial charge on any atom is 0.0636 e. The van der Waals surface area contributed by atoms with Gasteiger partial charge in [-0.25, -0.2) is 0 Å². The second-order valence-electron chi connectivity index (χ2n) is 7.10. The minimum Gasteiger partial charge on any atom is -0.324 e. The van der Waals surface area contributed by atoms with Gasteiger partial charge in [-0.1, -0.05) is 58.9 Å². The second-order valence-corrected chi connectivity index (χ2v) is 7.10. The van der Waals surface area contributed by atoms with Gasteiger partial charge in [-0.15, -0.1) is 0 Å². The van der Waals surface area contributed by atoms with Crippen molar-refractivity contribution in [2.45, 2.75) is 47.6 Å². The minimum absolute atomic E-state index is 0.0132. The number of hydrogen-bond donors (Lipinski definition) is 1. The molecule has 0 aliphatic carbocycles. The fourth-order valence-electron chi connectivity index (χ4n) is 1.96. The third-order valence-corrected chi connectivity index (χ3v) is 2.86. The molecule has 3 heteroatoms. The van der Waals surface area contributed by atoms with E-state index in [1.54, 1.807) is 6.21 Å². The van der Waals surface area contributed by atoms with Crippen LogP contribution in [0.4, 0.5) is 0 Å². The molecule has 0 aromatic heterocycles. The number of nitrogens with two attached hydrogens (primary N) is 1. The van der Waals surface area contributed by atoms with Gasteiger partial charge < -0.3 is 5.84 Å². The second kappa shape index (κ2) is 6.69. The summed E-state index contributed by atoms with van der Waals surface area (Å²) in [4.78, 5) is 4.48. The Morgan fingerprint density at radius 3 is 2.00 bits per heavy atom. The monoisotopic (exact) mass is 273 g/mol. The van der Waals surface area contributed by atoms with Crippen molar-refractivity contribution in [3.05, 3.63) is 35.4 Å². The summed E-state index contributed by atoms with van der Waals surface area (Å²) in [5, 5.41) is 3.64. The Balaban J connectivity index is 2.63. The van der Waals surface area contributed by atoms with Gasteiger partial charge in [-0.05, 0) is 23.0 Å². The number of aliphatic imine (C=N–C) groups is 1. The van der Waals surface area contributed by atoms with Crippen LogP contribution in [0.25, 0.3) is 0 Å². The molecule has 0 aliphatic heterocycles. The van der Waals surface area contributed by atoms with E-state index in [4.69, 9.17) is 5.84 Å². The SMILES string of the molecule is CC(C)(C)C=NCc1ccc(CC(C)(C)/C=N/N)cc1. The van der Waals surface area contributed by atoms with Crippen LogP contribution < -0.4 is 5.84 Å². The summed E-state index contributed by atoms with van der Waals surface area (Å²) in [6.45, 7) is 11.5. The summed E-state index contributed by atoms with van der Waals surface area (Å²) in [7, 11) is 0. The van der Waals surface area contributed by atoms with Crippen LogP contribution in [-0.2, 0) is 13.0 Å². The maximum atomic E-state index is 5.24. The zero-order valence-corrected chi connectivity index (χ0v) is 13.4. The lowest BCUT2D eigenvalue weighted by Crippen LogP contribution is -2.17. The summed E-state index contributed by atoms with van der Waals surface area (Å²) in [6, 6.07) is 8.61. The number of nitrogens with zero attached hydrogens (tertiary/aromatic N) is 2. The van der Waals surface area contributed by atoms with E-state index < -0.39 is 0 Å². The normalized spacial score (nSPS) is 13.4. The Morgan fingerprint density at radius 1 is 0.950 bits per heavy atom. The van der Waals surface area contributed by atoms with Gasteiger partial charge >= 0.3 is 0 Å². The molecule has 1 rings (SSSR count). The van der Waals surface area contributed by atoms with Crippen LogP contribution >= 0.6 is 0 Å². The van der Waals surface area contributed by atoms with Gasteiger partial charge in [0.25, 0.3) is 0 Å². The third kappa shape index (κ3) is 6.50. The van der Waals surface area contributed by atoms with Crippen LogP contribution in [-0.4, -0.2) is 12.4 Å². The Kier molecular flexibility index (Phi) is 5.49. The van der Waals surface area contributed by atoms with Crippen LogP contribution in [0.2, 0.25) is 0 Å². The summed E-state index contributed by atoms with van der Waals surface area (Å²) in [6.07, 6.45) is 4.75. The number of hydrazone groups is 1. The van der Waals surface area contributed by atoms with Crippen molar-refractivity contribution in [1.82, 2.24) is 0 Å². The topological polar surface area (TPSA) is 50.7 Å². The first-order valence-corrected chi connectivity index (χ1v) is 7.05. The Bertz CT molecular complexity index is 462. The highest BCUT2D eigenvalue weighted by atomic mass is 15.1. The van der Waals surface area contributed by atoms with Gasteiger partial charge in [0.15, 0.2) is 0 Å². The quantitative estimate of drug-likeness (QED) is 0.495. The molecule has 0 heterocycles. The highest BCUT2D eigenvalue weighted by Gasteiger charge is 2.15. The van der Waals surface area contributed by atoms with Crippen LogP contribution in [0.15, 0.2) is 34.4 Å². The Hall–Kier alpha value is -1.64. The molecule has 0 unspecified atom stereocenters. The predicted octanol–water partition coefficient (Wildman–Crippen LogP) is 3.82. The van der Waals surface area contributed by atoms with Gasteiger partial charge in [0.2, 0.25) is 0 Å². The molecule has 2 N–H and O–H groups in total. The summed E-state index contributed by atoms with van der Waals surface area (Å²) in [5.74, 6) is 5.24. The first kappa shape index (κ1) is 16.4. The van der Waals surface area contributed by atoms with E-state index in [9.17, 15) is 0 Å². The van der Waals surface area contributed by atoms with E-state index >= 15 is 0 Å². The largest absolute Gasteiger partial charge is 0.324 e. The fourth-order valence-corrected chi connectivity index (χ4v) is 1.96. The molecule has 1 aromatic rings. The Labute approximate surface area is 123 Å². The zero-order valence-electron chi connectivity index (χ0n) is 13.4. The molecule has 0 amide bonds. The summed E-state index contributed by atoms with van der Waals surface area (Å²) in [5.41, 5.74) is 2.66. The van der Waals surface area contributed by atoms with Gasteiger partial charge in [-0.2, -0.15) is 5.10 Å². The minimum atomic E-state index is -0.0132. The molecule has 0 saturated heterocycles. The molecular weight excluding hydrogens is 246 g/mol. The Morgan fingerprint density at radius 2 is 1.50 bits per heavy atom. The van der Waals surface area contributed by atoms with E-state index in [2.05, 4.69) is 69.0 Å². The molecule has 0 saturated carbocycles. The van der Waals surface area contributed by atoms with Gasteiger partial charge in [0.1, 0.15) is 0 Å². The standard InChI is InChI=1S/C17H27N3/c1-16(2,3)12-19-11-15-8-6-14(7-9-15)10-17(4,5)13-20-18/h6-9,12-13H,10-11,18H2,1-5H3/b19-12?,20-13+. The van der Waals surface area contributed by atoms with Crippen molar-refractivity contribution in [1.29, 1.82) is 0 Å². The van der Waals surface area contributed by atoms with E-state index in [1.165, 1.54) is 11.1 Å². The number of rotatable bonds is 5. The van der Waals surface area contributed by atoms with E-state index in [-0.39, 0.29) is 10.8 Å². The van der Waals surface area contributed by atoms with Crippen molar-refractivity contribution in [3.8, 4) is 0 Å². The van der Waals surface area contributed by atoms with E-state index in [0.717, 1.165) is 13.0 Å². The van der Waals surface area contributed by atoms with Crippen molar-refractivity contribution in [2.75, 3.05) is 0 Å². The first-order chi connectivity index (χ1) is 9.22. The molecule has 0 atom stereocenters. The van der Waals surface area contributed by atoms with Crippen LogP contribution in [0.3, 0.4) is 0 Å². The molecule has 0 spiro atoms. The lowest BCUT2D eigenvalue weighted by Gasteiger charge is -2.18. The van der Waals surface area contributed by atoms with Crippen LogP contribution in [0, 0.1) is 10.8 Å². The number of hydrogen-bond acceptors (Lipinski definition) is 3. The highest BCUT2D eigenvalue weighted by Crippen LogP contribution is 2.20. The first-order valence-electron chi connectivity index (χ1n) is 7.05. The van der Waals surface area contributed by atoms with Crippen molar-refractivity contribution < 1.29 is 0 Å².